The van der Waals surface area contributed by atoms with Crippen LogP contribution in [-0.2, 0) is 24.1 Å². The van der Waals surface area contributed by atoms with Crippen LogP contribution < -0.4 is 4.74 Å². The second kappa shape index (κ2) is 6.13. The minimum absolute atomic E-state index is 0.303. The molecule has 1 heterocycles. The third-order valence-electron chi connectivity index (χ3n) is 3.93. The summed E-state index contributed by atoms with van der Waals surface area (Å²) >= 11 is 0. The number of ketones is 1. The second-order valence-electron chi connectivity index (χ2n) is 5.75. The van der Waals surface area contributed by atoms with E-state index in [0.717, 1.165) is 30.8 Å². The Labute approximate surface area is 125 Å². The van der Waals surface area contributed by atoms with Crippen molar-refractivity contribution < 1.29 is 9.53 Å². The van der Waals surface area contributed by atoms with Crippen LogP contribution in [0.25, 0.3) is 0 Å². The van der Waals surface area contributed by atoms with E-state index in [0.29, 0.717) is 18.6 Å². The van der Waals surface area contributed by atoms with Crippen molar-refractivity contribution in [2.24, 2.45) is 0 Å². The first-order valence-corrected chi connectivity index (χ1v) is 7.52. The summed E-state index contributed by atoms with van der Waals surface area (Å²) in [6.45, 7) is 2.84. The van der Waals surface area contributed by atoms with Gasteiger partial charge in [0, 0.05) is 19.3 Å². The van der Waals surface area contributed by atoms with Gasteiger partial charge in [0.15, 0.2) is 0 Å². The average molecular weight is 280 g/mol. The molecule has 0 saturated heterocycles. The van der Waals surface area contributed by atoms with Crippen LogP contribution in [0.5, 0.6) is 5.75 Å². The molecule has 0 unspecified atom stereocenters. The third-order valence-corrected chi connectivity index (χ3v) is 3.93. The Morgan fingerprint density at radius 3 is 2.90 bits per heavy atom. The summed E-state index contributed by atoms with van der Waals surface area (Å²) in [6, 6.07) is 14.5. The van der Waals surface area contributed by atoms with E-state index in [-0.39, 0.29) is 0 Å². The zero-order chi connectivity index (χ0) is 14.7. The molecule has 2 aromatic carbocycles. The van der Waals surface area contributed by atoms with Crippen molar-refractivity contribution in [3.8, 4) is 5.75 Å². The molecular weight excluding hydrogens is 260 g/mol. The van der Waals surface area contributed by atoms with Crippen LogP contribution in [0.2, 0.25) is 0 Å². The zero-order valence-electron chi connectivity index (χ0n) is 12.4. The summed E-state index contributed by atoms with van der Waals surface area (Å²) in [5.74, 6) is 1.31. The number of aryl methyl sites for hydroxylation is 2. The number of Topliss-reactive ketones (excluding diaryl/α,β-unsaturated/α-hetero) is 1. The van der Waals surface area contributed by atoms with E-state index in [2.05, 4.69) is 31.2 Å². The third kappa shape index (κ3) is 3.52. The Morgan fingerprint density at radius 1 is 1.14 bits per heavy atom. The molecule has 0 saturated carbocycles. The maximum Gasteiger partial charge on any atom is 0.137 e. The van der Waals surface area contributed by atoms with Crippen LogP contribution in [0.15, 0.2) is 42.5 Å². The van der Waals surface area contributed by atoms with Gasteiger partial charge in [-0.15, -0.1) is 0 Å². The first-order chi connectivity index (χ1) is 10.2. The van der Waals surface area contributed by atoms with Crippen LogP contribution >= 0.6 is 0 Å². The van der Waals surface area contributed by atoms with Gasteiger partial charge in [0.1, 0.15) is 11.5 Å². The Hall–Kier alpha value is -2.09. The Bertz CT molecular complexity index is 658. The molecule has 0 amide bonds. The topological polar surface area (TPSA) is 26.3 Å². The van der Waals surface area contributed by atoms with E-state index >= 15 is 0 Å². The number of hydrogen-bond acceptors (Lipinski definition) is 2. The molecule has 0 N–H and O–H groups in total. The van der Waals surface area contributed by atoms with Crippen molar-refractivity contribution in [1.82, 2.24) is 0 Å². The van der Waals surface area contributed by atoms with Crippen LogP contribution in [0.4, 0.5) is 0 Å². The molecule has 1 aliphatic rings. The number of hydrogen-bond donors (Lipinski definition) is 0. The molecule has 0 atom stereocenters. The maximum atomic E-state index is 12.1. The number of ether oxygens (including phenoxy) is 1. The summed E-state index contributed by atoms with van der Waals surface area (Å²) in [5, 5.41) is 0. The molecule has 0 radical (unpaired) electrons. The first kappa shape index (κ1) is 13.9. The number of rotatable bonds is 5. The number of benzene rings is 2. The molecule has 3 rings (SSSR count). The summed E-state index contributed by atoms with van der Waals surface area (Å²) in [5.41, 5.74) is 4.83. The quantitative estimate of drug-likeness (QED) is 0.835. The van der Waals surface area contributed by atoms with Crippen molar-refractivity contribution in [3.05, 3.63) is 64.7 Å². The van der Waals surface area contributed by atoms with Gasteiger partial charge in [-0.25, -0.2) is 0 Å². The van der Waals surface area contributed by atoms with Crippen LogP contribution in [0.1, 0.15) is 28.7 Å². The summed E-state index contributed by atoms with van der Waals surface area (Å²) < 4.78 is 5.50. The predicted molar refractivity (Wildman–Crippen MR) is 83.9 cm³/mol. The highest BCUT2D eigenvalue weighted by Crippen LogP contribution is 2.26. The lowest BCUT2D eigenvalue weighted by Gasteiger charge is -2.05. The smallest absolute Gasteiger partial charge is 0.137 e. The summed E-state index contributed by atoms with van der Waals surface area (Å²) in [6.07, 6.45) is 2.95. The van der Waals surface area contributed by atoms with Crippen LogP contribution in [-0.4, -0.2) is 12.4 Å². The lowest BCUT2D eigenvalue weighted by Crippen LogP contribution is -2.04. The Balaban J connectivity index is 1.56. The van der Waals surface area contributed by atoms with Crippen molar-refractivity contribution in [2.75, 3.05) is 6.61 Å². The highest BCUT2D eigenvalue weighted by atomic mass is 16.5. The van der Waals surface area contributed by atoms with Gasteiger partial charge in [-0.2, -0.15) is 0 Å². The van der Waals surface area contributed by atoms with Crippen LogP contribution in [0.3, 0.4) is 0 Å². The van der Waals surface area contributed by atoms with Crippen molar-refractivity contribution >= 4 is 5.78 Å². The fourth-order valence-electron chi connectivity index (χ4n) is 2.82. The fourth-order valence-corrected chi connectivity index (χ4v) is 2.82. The normalized spacial score (nSPS) is 12.8. The molecule has 108 valence electrons. The highest BCUT2D eigenvalue weighted by molar-refractivity contribution is 5.81. The number of carbonyl (C=O) groups is 1. The molecule has 2 aromatic rings. The van der Waals surface area contributed by atoms with Crippen molar-refractivity contribution in [1.29, 1.82) is 0 Å². The van der Waals surface area contributed by atoms with Gasteiger partial charge in [0.05, 0.1) is 6.61 Å². The molecule has 0 fully saturated rings. The monoisotopic (exact) mass is 280 g/mol. The Kier molecular flexibility index (Phi) is 4.05. The van der Waals surface area contributed by atoms with Gasteiger partial charge in [0.2, 0.25) is 0 Å². The molecule has 2 nitrogen and oxygen atoms in total. The molecule has 0 aromatic heterocycles. The lowest BCUT2D eigenvalue weighted by atomic mass is 10.00. The maximum absolute atomic E-state index is 12.1. The van der Waals surface area contributed by atoms with Crippen LogP contribution in [0, 0.1) is 6.92 Å². The molecule has 0 aliphatic carbocycles. The van der Waals surface area contributed by atoms with Crippen molar-refractivity contribution in [2.45, 2.75) is 32.6 Å². The standard InChI is InChI=1S/C19H20O2/c1-14-3-2-4-16(11-14)13-18(20)7-5-15-6-8-19-17(12-15)9-10-21-19/h2-4,6,8,11-12H,5,7,9-10,13H2,1H3. The number of carbonyl (C=O) groups excluding carboxylic acids is 1. The van der Waals surface area contributed by atoms with Gasteiger partial charge in [-0.05, 0) is 36.1 Å². The minimum Gasteiger partial charge on any atom is -0.493 e. The van der Waals surface area contributed by atoms with Gasteiger partial charge in [0.25, 0.3) is 0 Å². The second-order valence-corrected chi connectivity index (χ2v) is 5.75. The van der Waals surface area contributed by atoms with Crippen molar-refractivity contribution in [3.63, 3.8) is 0 Å². The van der Waals surface area contributed by atoms with E-state index in [1.165, 1.54) is 16.7 Å². The molecule has 0 spiro atoms. The van der Waals surface area contributed by atoms with E-state index in [4.69, 9.17) is 4.74 Å². The molecule has 2 heteroatoms. The predicted octanol–water partition coefficient (Wildman–Crippen LogP) is 3.67. The molecular formula is C19H20O2. The van der Waals surface area contributed by atoms with E-state index < -0.39 is 0 Å². The largest absolute Gasteiger partial charge is 0.493 e. The van der Waals surface area contributed by atoms with Gasteiger partial charge in [-0.1, -0.05) is 42.0 Å². The SMILES string of the molecule is Cc1cccc(CC(=O)CCc2ccc3c(c2)CCO3)c1. The molecule has 21 heavy (non-hydrogen) atoms. The zero-order valence-corrected chi connectivity index (χ0v) is 12.4. The number of fused-ring (bicyclic) bond motifs is 1. The minimum atomic E-state index is 0.303. The summed E-state index contributed by atoms with van der Waals surface area (Å²) in [7, 11) is 0. The Morgan fingerprint density at radius 2 is 2.05 bits per heavy atom. The fraction of sp³-hybridized carbons (Fsp3) is 0.316. The lowest BCUT2D eigenvalue weighted by molar-refractivity contribution is -0.118. The average Bonchev–Trinajstić information content (AvgIpc) is 2.92. The van der Waals surface area contributed by atoms with Gasteiger partial charge in [-0.3, -0.25) is 4.79 Å². The molecule has 1 aliphatic heterocycles. The molecule has 0 bridgehead atoms. The first-order valence-electron chi connectivity index (χ1n) is 7.52. The highest BCUT2D eigenvalue weighted by Gasteiger charge is 2.12. The van der Waals surface area contributed by atoms with E-state index in [1.807, 2.05) is 18.2 Å². The van der Waals surface area contributed by atoms with Gasteiger partial charge < -0.3 is 4.74 Å². The van der Waals surface area contributed by atoms with Gasteiger partial charge >= 0.3 is 0 Å². The van der Waals surface area contributed by atoms with E-state index in [1.54, 1.807) is 0 Å². The summed E-state index contributed by atoms with van der Waals surface area (Å²) in [4.78, 5) is 12.1. The van der Waals surface area contributed by atoms with E-state index in [9.17, 15) is 4.79 Å².